The van der Waals surface area contributed by atoms with E-state index in [4.69, 9.17) is 0 Å². The summed E-state index contributed by atoms with van der Waals surface area (Å²) < 4.78 is 0. The number of para-hydroxylation sites is 1. The number of anilines is 1. The minimum absolute atomic E-state index is 0.0694. The van der Waals surface area contributed by atoms with Crippen LogP contribution < -0.4 is 5.32 Å². The van der Waals surface area contributed by atoms with Crippen molar-refractivity contribution in [1.29, 1.82) is 0 Å². The topological polar surface area (TPSA) is 48.5 Å². The summed E-state index contributed by atoms with van der Waals surface area (Å²) in [4.78, 5) is 21.1. The van der Waals surface area contributed by atoms with Gasteiger partial charge in [0.1, 0.15) is 0 Å². The van der Waals surface area contributed by atoms with Crippen LogP contribution in [0, 0.1) is 13.8 Å². The minimum atomic E-state index is 0.0694. The van der Waals surface area contributed by atoms with E-state index in [1.807, 2.05) is 44.4 Å². The molecule has 25 heavy (non-hydrogen) atoms. The van der Waals surface area contributed by atoms with E-state index in [1.165, 1.54) is 5.56 Å². The van der Waals surface area contributed by atoms with Crippen LogP contribution in [-0.2, 0) is 11.3 Å². The second-order valence-corrected chi connectivity index (χ2v) is 6.72. The maximum absolute atomic E-state index is 12.4. The lowest BCUT2D eigenvalue weighted by Gasteiger charge is -2.34. The van der Waals surface area contributed by atoms with Gasteiger partial charge in [-0.05, 0) is 42.7 Å². The van der Waals surface area contributed by atoms with Crippen molar-refractivity contribution in [2.75, 3.05) is 38.0 Å². The highest BCUT2D eigenvalue weighted by molar-refractivity contribution is 5.93. The normalized spacial score (nSPS) is 15.9. The Hall–Kier alpha value is -2.24. The number of nitrogens with one attached hydrogen (secondary N) is 1. The molecule has 0 unspecified atom stereocenters. The Balaban J connectivity index is 1.46. The number of carbonyl (C=O) groups is 1. The zero-order valence-electron chi connectivity index (χ0n) is 15.0. The fraction of sp³-hybridized carbons (Fsp3) is 0.400. The predicted octanol–water partition coefficient (Wildman–Crippen LogP) is 2.45. The Bertz CT molecular complexity index is 689. The number of nitrogens with zero attached hydrogens (tertiary/aromatic N) is 3. The van der Waals surface area contributed by atoms with Gasteiger partial charge in [0.25, 0.3) is 0 Å². The molecule has 2 heterocycles. The highest BCUT2D eigenvalue weighted by atomic mass is 16.2. The number of piperazine rings is 1. The van der Waals surface area contributed by atoms with Gasteiger partial charge in [0.15, 0.2) is 0 Å². The van der Waals surface area contributed by atoms with E-state index in [0.717, 1.165) is 49.5 Å². The molecule has 0 aliphatic carbocycles. The van der Waals surface area contributed by atoms with Crippen LogP contribution in [0.15, 0.2) is 42.7 Å². The van der Waals surface area contributed by atoms with Gasteiger partial charge in [-0.25, -0.2) is 0 Å². The van der Waals surface area contributed by atoms with Crippen molar-refractivity contribution >= 4 is 11.6 Å². The van der Waals surface area contributed by atoms with Crippen molar-refractivity contribution in [3.8, 4) is 0 Å². The number of carbonyl (C=O) groups excluding carboxylic acids is 1. The van der Waals surface area contributed by atoms with Gasteiger partial charge in [-0.1, -0.05) is 18.2 Å². The lowest BCUT2D eigenvalue weighted by molar-refractivity contribution is -0.117. The minimum Gasteiger partial charge on any atom is -0.324 e. The van der Waals surface area contributed by atoms with Crippen LogP contribution in [0.2, 0.25) is 0 Å². The van der Waals surface area contributed by atoms with Gasteiger partial charge in [0, 0.05) is 50.8 Å². The van der Waals surface area contributed by atoms with Crippen LogP contribution in [0.3, 0.4) is 0 Å². The van der Waals surface area contributed by atoms with Gasteiger partial charge < -0.3 is 5.32 Å². The lowest BCUT2D eigenvalue weighted by Crippen LogP contribution is -2.48. The van der Waals surface area contributed by atoms with Crippen LogP contribution in [-0.4, -0.2) is 53.4 Å². The average Bonchev–Trinajstić information content (AvgIpc) is 2.61. The van der Waals surface area contributed by atoms with Crippen molar-refractivity contribution in [1.82, 2.24) is 14.8 Å². The Morgan fingerprint density at radius 2 is 1.60 bits per heavy atom. The molecule has 0 saturated carbocycles. The number of amides is 1. The van der Waals surface area contributed by atoms with E-state index in [-0.39, 0.29) is 5.91 Å². The van der Waals surface area contributed by atoms with E-state index in [0.29, 0.717) is 6.54 Å². The Morgan fingerprint density at radius 1 is 1.00 bits per heavy atom. The molecule has 0 spiro atoms. The molecule has 1 amide bonds. The lowest BCUT2D eigenvalue weighted by atomic mass is 10.1. The van der Waals surface area contributed by atoms with Crippen molar-refractivity contribution in [3.63, 3.8) is 0 Å². The Kier molecular flexibility index (Phi) is 5.79. The smallest absolute Gasteiger partial charge is 0.238 e. The van der Waals surface area contributed by atoms with E-state index in [9.17, 15) is 4.79 Å². The summed E-state index contributed by atoms with van der Waals surface area (Å²) in [5, 5.41) is 3.08. The first-order valence-electron chi connectivity index (χ1n) is 8.81. The van der Waals surface area contributed by atoms with Crippen LogP contribution in [0.25, 0.3) is 0 Å². The predicted molar refractivity (Wildman–Crippen MR) is 100 cm³/mol. The largest absolute Gasteiger partial charge is 0.324 e. The molecular weight excluding hydrogens is 312 g/mol. The molecule has 2 aromatic rings. The molecule has 1 aromatic heterocycles. The van der Waals surface area contributed by atoms with E-state index in [1.54, 1.807) is 0 Å². The molecule has 5 heteroatoms. The number of rotatable bonds is 5. The molecule has 132 valence electrons. The molecule has 1 aliphatic rings. The fourth-order valence-electron chi connectivity index (χ4n) is 3.25. The number of benzene rings is 1. The summed E-state index contributed by atoms with van der Waals surface area (Å²) in [5.41, 5.74) is 4.45. The fourth-order valence-corrected chi connectivity index (χ4v) is 3.25. The molecule has 1 saturated heterocycles. The number of aromatic nitrogens is 1. The number of hydrogen-bond acceptors (Lipinski definition) is 4. The first kappa shape index (κ1) is 17.6. The average molecular weight is 338 g/mol. The molecule has 3 rings (SSSR count). The maximum Gasteiger partial charge on any atom is 0.238 e. The van der Waals surface area contributed by atoms with E-state index < -0.39 is 0 Å². The van der Waals surface area contributed by atoms with Gasteiger partial charge in [-0.2, -0.15) is 0 Å². The first-order valence-corrected chi connectivity index (χ1v) is 8.81. The van der Waals surface area contributed by atoms with Crippen molar-refractivity contribution in [2.24, 2.45) is 0 Å². The molecule has 0 bridgehead atoms. The summed E-state index contributed by atoms with van der Waals surface area (Å²) >= 11 is 0. The third kappa shape index (κ3) is 4.87. The van der Waals surface area contributed by atoms with Crippen LogP contribution in [0.1, 0.15) is 16.7 Å². The molecule has 5 nitrogen and oxygen atoms in total. The molecule has 1 N–H and O–H groups in total. The van der Waals surface area contributed by atoms with Crippen molar-refractivity contribution in [2.45, 2.75) is 20.4 Å². The Labute approximate surface area is 149 Å². The second-order valence-electron chi connectivity index (χ2n) is 6.72. The summed E-state index contributed by atoms with van der Waals surface area (Å²) in [7, 11) is 0. The van der Waals surface area contributed by atoms with Gasteiger partial charge >= 0.3 is 0 Å². The zero-order chi connectivity index (χ0) is 17.6. The van der Waals surface area contributed by atoms with Crippen molar-refractivity contribution < 1.29 is 4.79 Å². The van der Waals surface area contributed by atoms with Crippen LogP contribution >= 0.6 is 0 Å². The second kappa shape index (κ2) is 8.23. The Morgan fingerprint density at radius 3 is 2.24 bits per heavy atom. The highest BCUT2D eigenvalue weighted by Gasteiger charge is 2.19. The first-order chi connectivity index (χ1) is 12.1. The summed E-state index contributed by atoms with van der Waals surface area (Å²) in [6.07, 6.45) is 3.67. The number of pyridine rings is 1. The molecule has 0 atom stereocenters. The zero-order valence-corrected chi connectivity index (χ0v) is 15.0. The summed E-state index contributed by atoms with van der Waals surface area (Å²) in [6, 6.07) is 10.2. The third-order valence-electron chi connectivity index (χ3n) is 4.73. The van der Waals surface area contributed by atoms with Gasteiger partial charge in [-0.15, -0.1) is 0 Å². The highest BCUT2D eigenvalue weighted by Crippen LogP contribution is 2.19. The van der Waals surface area contributed by atoms with Gasteiger partial charge in [0.05, 0.1) is 6.54 Å². The molecule has 0 radical (unpaired) electrons. The molecular formula is C20H26N4O. The van der Waals surface area contributed by atoms with Crippen LogP contribution in [0.4, 0.5) is 5.69 Å². The molecule has 1 aliphatic heterocycles. The maximum atomic E-state index is 12.4. The van der Waals surface area contributed by atoms with Crippen LogP contribution in [0.5, 0.6) is 0 Å². The van der Waals surface area contributed by atoms with E-state index in [2.05, 4.69) is 32.2 Å². The summed E-state index contributed by atoms with van der Waals surface area (Å²) in [5.74, 6) is 0.0694. The standard InChI is InChI=1S/C20H26N4O/c1-16-4-3-5-17(2)20(16)22-19(25)15-24-12-10-23(11-13-24)14-18-6-8-21-9-7-18/h3-9H,10-15H2,1-2H3,(H,22,25). The summed E-state index contributed by atoms with van der Waals surface area (Å²) in [6.45, 7) is 9.28. The number of hydrogen-bond donors (Lipinski definition) is 1. The SMILES string of the molecule is Cc1cccc(C)c1NC(=O)CN1CCN(Cc2ccncc2)CC1. The quantitative estimate of drug-likeness (QED) is 0.910. The number of aryl methyl sites for hydroxylation is 2. The van der Waals surface area contributed by atoms with Crippen molar-refractivity contribution in [3.05, 3.63) is 59.4 Å². The van der Waals surface area contributed by atoms with Gasteiger partial charge in [0.2, 0.25) is 5.91 Å². The molecule has 1 fully saturated rings. The van der Waals surface area contributed by atoms with Gasteiger partial charge in [-0.3, -0.25) is 19.6 Å². The molecule has 1 aromatic carbocycles. The van der Waals surface area contributed by atoms with E-state index >= 15 is 0 Å². The monoisotopic (exact) mass is 338 g/mol. The third-order valence-corrected chi connectivity index (χ3v) is 4.73.